The van der Waals surface area contributed by atoms with Crippen molar-refractivity contribution in [2.24, 2.45) is 0 Å². The van der Waals surface area contributed by atoms with Gasteiger partial charge in [-0.3, -0.25) is 10.1 Å². The average molecular weight is 399 g/mol. The molecular weight excluding hydrogens is 388 g/mol. The minimum absolute atomic E-state index is 0.115. The summed E-state index contributed by atoms with van der Waals surface area (Å²) < 4.78 is 10.7. The van der Waals surface area contributed by atoms with Crippen LogP contribution in [-0.2, 0) is 0 Å². The van der Waals surface area contributed by atoms with E-state index in [4.69, 9.17) is 32.7 Å². The number of furan rings is 1. The first-order valence-corrected chi connectivity index (χ1v) is 8.56. The van der Waals surface area contributed by atoms with Crippen LogP contribution >= 0.6 is 23.8 Å². The first-order chi connectivity index (χ1) is 13.1. The zero-order chi connectivity index (χ0) is 18.8. The highest BCUT2D eigenvalue weighted by molar-refractivity contribution is 7.80. The highest BCUT2D eigenvalue weighted by Crippen LogP contribution is 2.31. The summed E-state index contributed by atoms with van der Waals surface area (Å²) in [6.07, 6.45) is 3.04. The lowest BCUT2D eigenvalue weighted by Crippen LogP contribution is -2.33. The molecule has 0 unspecified atom stereocenters. The Labute approximate surface area is 163 Å². The van der Waals surface area contributed by atoms with Crippen LogP contribution in [0.3, 0.4) is 0 Å². The molecule has 3 aromatic heterocycles. The Morgan fingerprint density at radius 2 is 2.07 bits per heavy atom. The Bertz CT molecular complexity index is 1110. The van der Waals surface area contributed by atoms with Gasteiger partial charge >= 0.3 is 0 Å². The Morgan fingerprint density at radius 3 is 2.85 bits per heavy atom. The predicted molar refractivity (Wildman–Crippen MR) is 105 cm³/mol. The summed E-state index contributed by atoms with van der Waals surface area (Å²) in [6.45, 7) is 0. The molecule has 4 rings (SSSR count). The highest BCUT2D eigenvalue weighted by Gasteiger charge is 2.14. The van der Waals surface area contributed by atoms with E-state index in [1.807, 2.05) is 0 Å². The lowest BCUT2D eigenvalue weighted by atomic mass is 10.2. The van der Waals surface area contributed by atoms with Crippen molar-refractivity contribution in [3.05, 3.63) is 65.7 Å². The van der Waals surface area contributed by atoms with E-state index in [-0.39, 0.29) is 10.9 Å². The summed E-state index contributed by atoms with van der Waals surface area (Å²) >= 11 is 11.4. The number of carbonyl (C=O) groups is 1. The molecule has 0 aliphatic carbocycles. The summed E-state index contributed by atoms with van der Waals surface area (Å²) in [7, 11) is 0. The smallest absolute Gasteiger partial charge is 0.293 e. The lowest BCUT2D eigenvalue weighted by molar-refractivity contribution is 0.0950. The number of rotatable bonds is 3. The van der Waals surface area contributed by atoms with E-state index in [9.17, 15) is 4.79 Å². The van der Waals surface area contributed by atoms with Crippen LogP contribution in [0, 0.1) is 0 Å². The Hall–Kier alpha value is -3.23. The van der Waals surface area contributed by atoms with Gasteiger partial charge in [-0.25, -0.2) is 4.98 Å². The number of nitrogens with one attached hydrogen (secondary N) is 2. The molecular formula is C18H11ClN4O3S. The summed E-state index contributed by atoms with van der Waals surface area (Å²) in [5.74, 6) is 0.0505. The van der Waals surface area contributed by atoms with Crippen molar-refractivity contribution < 1.29 is 13.6 Å². The Kier molecular flexibility index (Phi) is 4.57. The molecule has 1 amide bonds. The van der Waals surface area contributed by atoms with Crippen LogP contribution in [0.5, 0.6) is 0 Å². The third-order valence-corrected chi connectivity index (χ3v) is 4.13. The van der Waals surface area contributed by atoms with Crippen LogP contribution in [-0.4, -0.2) is 21.0 Å². The standard InChI is InChI=1S/C18H11ClN4O3S/c19-12-6-5-10(21-18(27)23-16(24)14-4-2-8-25-14)9-11(12)17-22-15-13(26-17)3-1-7-20-15/h1-9H,(H2,21,23,24,27). The number of carbonyl (C=O) groups excluding carboxylic acids is 1. The van der Waals surface area contributed by atoms with Gasteiger partial charge in [-0.1, -0.05) is 11.6 Å². The second-order valence-electron chi connectivity index (χ2n) is 5.42. The van der Waals surface area contributed by atoms with Gasteiger partial charge < -0.3 is 14.2 Å². The van der Waals surface area contributed by atoms with Crippen molar-refractivity contribution in [2.45, 2.75) is 0 Å². The van der Waals surface area contributed by atoms with Crippen LogP contribution in [0.4, 0.5) is 5.69 Å². The van der Waals surface area contributed by atoms with E-state index in [0.29, 0.717) is 33.4 Å². The first-order valence-electron chi connectivity index (χ1n) is 7.77. The monoisotopic (exact) mass is 398 g/mol. The largest absolute Gasteiger partial charge is 0.459 e. The summed E-state index contributed by atoms with van der Waals surface area (Å²) in [6, 6.07) is 11.8. The van der Waals surface area contributed by atoms with E-state index in [0.717, 1.165) is 0 Å². The van der Waals surface area contributed by atoms with E-state index in [2.05, 4.69) is 20.6 Å². The molecule has 0 aliphatic heterocycles. The van der Waals surface area contributed by atoms with Gasteiger partial charge in [-0.15, -0.1) is 0 Å². The number of anilines is 1. The van der Waals surface area contributed by atoms with Gasteiger partial charge in [0, 0.05) is 11.9 Å². The fourth-order valence-electron chi connectivity index (χ4n) is 2.39. The normalized spacial score (nSPS) is 10.7. The van der Waals surface area contributed by atoms with Crippen LogP contribution in [0.25, 0.3) is 22.7 Å². The molecule has 0 radical (unpaired) electrons. The van der Waals surface area contributed by atoms with Gasteiger partial charge in [0.1, 0.15) is 0 Å². The molecule has 0 saturated heterocycles. The van der Waals surface area contributed by atoms with Crippen molar-refractivity contribution in [1.82, 2.24) is 15.3 Å². The number of thiocarbonyl (C=S) groups is 1. The molecule has 0 fully saturated rings. The van der Waals surface area contributed by atoms with E-state index in [1.165, 1.54) is 6.26 Å². The summed E-state index contributed by atoms with van der Waals surface area (Å²) in [4.78, 5) is 20.4. The number of fused-ring (bicyclic) bond motifs is 1. The highest BCUT2D eigenvalue weighted by atomic mass is 35.5. The Balaban J connectivity index is 1.55. The summed E-state index contributed by atoms with van der Waals surface area (Å²) in [5.41, 5.74) is 2.22. The number of hydrogen-bond acceptors (Lipinski definition) is 6. The SMILES string of the molecule is O=C(NC(=S)Nc1ccc(Cl)c(-c2nc3ncccc3o2)c1)c1ccco1. The lowest BCUT2D eigenvalue weighted by Gasteiger charge is -2.10. The maximum atomic E-state index is 12.0. The fraction of sp³-hybridized carbons (Fsp3) is 0. The maximum absolute atomic E-state index is 12.0. The van der Waals surface area contributed by atoms with Crippen LogP contribution in [0.15, 0.2) is 63.8 Å². The molecule has 27 heavy (non-hydrogen) atoms. The quantitative estimate of drug-likeness (QED) is 0.498. The maximum Gasteiger partial charge on any atom is 0.293 e. The molecule has 9 heteroatoms. The Morgan fingerprint density at radius 1 is 1.19 bits per heavy atom. The van der Waals surface area contributed by atoms with Crippen molar-refractivity contribution >= 4 is 51.8 Å². The number of aromatic nitrogens is 2. The van der Waals surface area contributed by atoms with Crippen LogP contribution < -0.4 is 10.6 Å². The van der Waals surface area contributed by atoms with Gasteiger partial charge in [-0.2, -0.15) is 4.98 Å². The molecule has 1 aromatic carbocycles. The third kappa shape index (κ3) is 3.67. The van der Waals surface area contributed by atoms with E-state index in [1.54, 1.807) is 48.7 Å². The molecule has 0 atom stereocenters. The number of nitrogens with zero attached hydrogens (tertiary/aromatic N) is 2. The van der Waals surface area contributed by atoms with Gasteiger partial charge in [0.2, 0.25) is 5.89 Å². The molecule has 4 aromatic rings. The van der Waals surface area contributed by atoms with Crippen LogP contribution in [0.2, 0.25) is 5.02 Å². The van der Waals surface area contributed by atoms with Crippen molar-refractivity contribution in [2.75, 3.05) is 5.32 Å². The molecule has 0 saturated carbocycles. The zero-order valence-electron chi connectivity index (χ0n) is 13.6. The number of pyridine rings is 1. The van der Waals surface area contributed by atoms with Crippen molar-refractivity contribution in [3.8, 4) is 11.5 Å². The van der Waals surface area contributed by atoms with Gasteiger partial charge in [-0.05, 0) is 54.7 Å². The minimum atomic E-state index is -0.447. The molecule has 7 nitrogen and oxygen atoms in total. The van der Waals surface area contributed by atoms with Crippen LogP contribution in [0.1, 0.15) is 10.6 Å². The van der Waals surface area contributed by atoms with Gasteiger partial charge in [0.25, 0.3) is 5.91 Å². The summed E-state index contributed by atoms with van der Waals surface area (Å²) in [5, 5.41) is 6.02. The topological polar surface area (TPSA) is 93.2 Å². The second kappa shape index (κ2) is 7.18. The van der Waals surface area contributed by atoms with Gasteiger partial charge in [0.05, 0.1) is 16.8 Å². The zero-order valence-corrected chi connectivity index (χ0v) is 15.2. The number of amides is 1. The third-order valence-electron chi connectivity index (χ3n) is 3.59. The number of oxazole rings is 1. The molecule has 0 aliphatic rings. The molecule has 134 valence electrons. The van der Waals surface area contributed by atoms with Crippen molar-refractivity contribution in [1.29, 1.82) is 0 Å². The number of halogens is 1. The first kappa shape index (κ1) is 17.2. The predicted octanol–water partition coefficient (Wildman–Crippen LogP) is 4.26. The molecule has 0 bridgehead atoms. The van der Waals surface area contributed by atoms with E-state index < -0.39 is 5.91 Å². The van der Waals surface area contributed by atoms with Crippen molar-refractivity contribution in [3.63, 3.8) is 0 Å². The average Bonchev–Trinajstić information content (AvgIpc) is 3.32. The minimum Gasteiger partial charge on any atom is -0.459 e. The molecule has 0 spiro atoms. The van der Waals surface area contributed by atoms with Gasteiger partial charge in [0.15, 0.2) is 22.1 Å². The second-order valence-corrected chi connectivity index (χ2v) is 6.24. The fourth-order valence-corrected chi connectivity index (χ4v) is 2.79. The molecule has 3 heterocycles. The number of hydrogen-bond donors (Lipinski definition) is 2. The molecule has 2 N–H and O–H groups in total. The van der Waals surface area contributed by atoms with E-state index >= 15 is 0 Å². The number of benzene rings is 1.